The molecule has 7 heteroatoms. The summed E-state index contributed by atoms with van der Waals surface area (Å²) >= 11 is 6.80. The quantitative estimate of drug-likeness (QED) is 0.751. The van der Waals surface area contributed by atoms with Gasteiger partial charge in [0.1, 0.15) is 5.82 Å². The minimum absolute atomic E-state index is 0.0597. The number of anilines is 1. The van der Waals surface area contributed by atoms with Gasteiger partial charge in [-0.1, -0.05) is 44.1 Å². The molecule has 1 aromatic carbocycles. The molecule has 0 N–H and O–H groups in total. The van der Waals surface area contributed by atoms with Crippen LogP contribution in [0.5, 0.6) is 0 Å². The summed E-state index contributed by atoms with van der Waals surface area (Å²) in [5.41, 5.74) is -0.172. The monoisotopic (exact) mass is 345 g/mol. The van der Waals surface area contributed by atoms with Gasteiger partial charge in [0.25, 0.3) is 0 Å². The van der Waals surface area contributed by atoms with Gasteiger partial charge in [0.05, 0.1) is 10.7 Å². The lowest BCUT2D eigenvalue weighted by Gasteiger charge is -2.21. The van der Waals surface area contributed by atoms with Gasteiger partial charge in [-0.25, -0.2) is 9.29 Å². The van der Waals surface area contributed by atoms with Crippen molar-refractivity contribution >= 4 is 46.0 Å². The lowest BCUT2D eigenvalue weighted by Crippen LogP contribution is -2.36. The van der Waals surface area contributed by atoms with E-state index in [2.05, 4.69) is 0 Å². The standard InChI is InChI=1S/C15H17ClFNO3S/c1-4-13(19)18(14(20)5-2)11-8-12(22-15(21)6-3)9(16)7-10(11)17/h7-8H,4-6H2,1-3H3. The Morgan fingerprint density at radius 3 is 2.09 bits per heavy atom. The van der Waals surface area contributed by atoms with Crippen LogP contribution >= 0.6 is 23.4 Å². The molecule has 0 aromatic heterocycles. The third-order valence-corrected chi connectivity index (χ3v) is 4.36. The van der Waals surface area contributed by atoms with E-state index in [-0.39, 0.29) is 28.7 Å². The molecule has 0 saturated heterocycles. The zero-order valence-electron chi connectivity index (χ0n) is 12.6. The molecule has 1 aromatic rings. The van der Waals surface area contributed by atoms with Gasteiger partial charge in [0, 0.05) is 24.2 Å². The van der Waals surface area contributed by atoms with Crippen molar-refractivity contribution in [3.05, 3.63) is 23.0 Å². The first-order chi connectivity index (χ1) is 10.3. The number of hydrogen-bond acceptors (Lipinski definition) is 4. The van der Waals surface area contributed by atoms with Gasteiger partial charge in [-0.3, -0.25) is 14.4 Å². The Balaban J connectivity index is 3.36. The highest BCUT2D eigenvalue weighted by Gasteiger charge is 2.25. The molecule has 2 amide bonds. The zero-order valence-corrected chi connectivity index (χ0v) is 14.2. The van der Waals surface area contributed by atoms with Crippen molar-refractivity contribution in [2.75, 3.05) is 4.90 Å². The van der Waals surface area contributed by atoms with Crippen molar-refractivity contribution in [1.29, 1.82) is 0 Å². The van der Waals surface area contributed by atoms with Crippen molar-refractivity contribution in [3.63, 3.8) is 0 Å². The van der Waals surface area contributed by atoms with E-state index in [1.807, 2.05) is 0 Å². The molecule has 120 valence electrons. The smallest absolute Gasteiger partial charge is 0.233 e. The summed E-state index contributed by atoms with van der Waals surface area (Å²) < 4.78 is 14.2. The Hall–Kier alpha value is -1.40. The molecule has 0 fully saturated rings. The predicted octanol–water partition coefficient (Wildman–Crippen LogP) is 4.19. The van der Waals surface area contributed by atoms with Crippen LogP contribution in [0.25, 0.3) is 0 Å². The molecular formula is C15H17ClFNO3S. The first-order valence-electron chi connectivity index (χ1n) is 6.91. The van der Waals surface area contributed by atoms with Crippen molar-refractivity contribution in [2.45, 2.75) is 44.9 Å². The van der Waals surface area contributed by atoms with Crippen molar-refractivity contribution in [2.24, 2.45) is 0 Å². The first kappa shape index (κ1) is 18.6. The van der Waals surface area contributed by atoms with Gasteiger partial charge in [-0.2, -0.15) is 0 Å². The fourth-order valence-electron chi connectivity index (χ4n) is 1.69. The van der Waals surface area contributed by atoms with Crippen LogP contribution in [0, 0.1) is 5.82 Å². The molecular weight excluding hydrogens is 329 g/mol. The van der Waals surface area contributed by atoms with E-state index in [4.69, 9.17) is 11.6 Å². The molecule has 0 radical (unpaired) electrons. The minimum atomic E-state index is -0.776. The summed E-state index contributed by atoms with van der Waals surface area (Å²) in [5, 5.41) is -0.0736. The minimum Gasteiger partial charge on any atom is -0.287 e. The highest BCUT2D eigenvalue weighted by atomic mass is 35.5. The average Bonchev–Trinajstić information content (AvgIpc) is 2.50. The van der Waals surface area contributed by atoms with Crippen LogP contribution in [0.3, 0.4) is 0 Å². The van der Waals surface area contributed by atoms with Gasteiger partial charge in [-0.15, -0.1) is 0 Å². The topological polar surface area (TPSA) is 54.5 Å². The molecule has 0 saturated carbocycles. The second kappa shape index (κ2) is 8.29. The number of thioether (sulfide) groups is 1. The predicted molar refractivity (Wildman–Crippen MR) is 85.6 cm³/mol. The second-order valence-corrected chi connectivity index (χ2v) is 5.90. The third kappa shape index (κ3) is 4.30. The lowest BCUT2D eigenvalue weighted by atomic mass is 10.2. The van der Waals surface area contributed by atoms with E-state index >= 15 is 0 Å². The number of carbonyl (C=O) groups excluding carboxylic acids is 3. The summed E-state index contributed by atoms with van der Waals surface area (Å²) in [6, 6.07) is 2.29. The fourth-order valence-corrected chi connectivity index (χ4v) is 2.67. The van der Waals surface area contributed by atoms with Crippen LogP contribution in [-0.4, -0.2) is 16.9 Å². The fraction of sp³-hybridized carbons (Fsp3) is 0.400. The highest BCUT2D eigenvalue weighted by molar-refractivity contribution is 8.13. The Kier molecular flexibility index (Phi) is 7.03. The number of halogens is 2. The molecule has 0 aliphatic heterocycles. The maximum atomic E-state index is 14.2. The third-order valence-electron chi connectivity index (χ3n) is 2.86. The Bertz CT molecular complexity index is 591. The Morgan fingerprint density at radius 1 is 1.09 bits per heavy atom. The van der Waals surface area contributed by atoms with E-state index in [9.17, 15) is 18.8 Å². The molecule has 0 unspecified atom stereocenters. The molecule has 4 nitrogen and oxygen atoms in total. The van der Waals surface area contributed by atoms with Crippen molar-refractivity contribution < 1.29 is 18.8 Å². The van der Waals surface area contributed by atoms with Gasteiger partial charge in [0.15, 0.2) is 5.12 Å². The first-order valence-corrected chi connectivity index (χ1v) is 8.10. The zero-order chi connectivity index (χ0) is 16.9. The van der Waals surface area contributed by atoms with Gasteiger partial charge < -0.3 is 0 Å². The molecule has 0 spiro atoms. The SMILES string of the molecule is CCC(=O)Sc1cc(N(C(=O)CC)C(=O)CC)c(F)cc1Cl. The number of benzene rings is 1. The van der Waals surface area contributed by atoms with E-state index in [1.54, 1.807) is 20.8 Å². The lowest BCUT2D eigenvalue weighted by molar-refractivity contribution is -0.126. The number of amides is 2. The average molecular weight is 346 g/mol. The molecule has 0 aliphatic rings. The Labute approximate surface area is 138 Å². The van der Waals surface area contributed by atoms with Crippen molar-refractivity contribution in [3.8, 4) is 0 Å². The highest BCUT2D eigenvalue weighted by Crippen LogP contribution is 2.35. The van der Waals surface area contributed by atoms with Crippen LogP contribution in [-0.2, 0) is 14.4 Å². The van der Waals surface area contributed by atoms with Crippen LogP contribution in [0.4, 0.5) is 10.1 Å². The molecule has 0 aliphatic carbocycles. The summed E-state index contributed by atoms with van der Waals surface area (Å²) in [6.07, 6.45) is 0.410. The second-order valence-electron chi connectivity index (χ2n) is 4.39. The van der Waals surface area contributed by atoms with Gasteiger partial charge >= 0.3 is 0 Å². The largest absolute Gasteiger partial charge is 0.287 e. The summed E-state index contributed by atoms with van der Waals surface area (Å²) in [7, 11) is 0. The van der Waals surface area contributed by atoms with Crippen LogP contribution in [0.1, 0.15) is 40.0 Å². The molecule has 22 heavy (non-hydrogen) atoms. The maximum Gasteiger partial charge on any atom is 0.233 e. The van der Waals surface area contributed by atoms with Gasteiger partial charge in [0.2, 0.25) is 11.8 Å². The molecule has 0 bridgehead atoms. The number of carbonyl (C=O) groups is 3. The summed E-state index contributed by atoms with van der Waals surface area (Å²) in [4.78, 5) is 36.6. The van der Waals surface area contributed by atoms with Crippen LogP contribution < -0.4 is 4.90 Å². The summed E-state index contributed by atoms with van der Waals surface area (Å²) in [6.45, 7) is 4.87. The van der Waals surface area contributed by atoms with Crippen LogP contribution in [0.15, 0.2) is 17.0 Å². The summed E-state index contributed by atoms with van der Waals surface area (Å²) in [5.74, 6) is -1.79. The number of rotatable bonds is 5. The molecule has 0 atom stereocenters. The normalized spacial score (nSPS) is 10.4. The van der Waals surface area contributed by atoms with E-state index in [1.165, 1.54) is 6.07 Å². The number of nitrogens with zero attached hydrogens (tertiary/aromatic N) is 1. The van der Waals surface area contributed by atoms with E-state index in [0.717, 1.165) is 22.7 Å². The maximum absolute atomic E-state index is 14.2. The van der Waals surface area contributed by atoms with Crippen LogP contribution in [0.2, 0.25) is 5.02 Å². The van der Waals surface area contributed by atoms with Crippen molar-refractivity contribution in [1.82, 2.24) is 0 Å². The Morgan fingerprint density at radius 2 is 1.64 bits per heavy atom. The van der Waals surface area contributed by atoms with E-state index < -0.39 is 17.6 Å². The van der Waals surface area contributed by atoms with Gasteiger partial charge in [-0.05, 0) is 12.1 Å². The molecule has 0 heterocycles. The number of imide groups is 1. The molecule has 1 rings (SSSR count). The number of hydrogen-bond donors (Lipinski definition) is 0. The van der Waals surface area contributed by atoms with E-state index in [0.29, 0.717) is 11.3 Å².